The first-order valence-electron chi connectivity index (χ1n) is 14.0. The summed E-state index contributed by atoms with van der Waals surface area (Å²) in [6.45, 7) is 5.06. The summed E-state index contributed by atoms with van der Waals surface area (Å²) in [5.41, 5.74) is 0.338. The van der Waals surface area contributed by atoms with E-state index in [4.69, 9.17) is 9.47 Å². The zero-order valence-corrected chi connectivity index (χ0v) is 24.6. The minimum atomic E-state index is -4.55. The Bertz CT molecular complexity index is 1110. The number of carbonyl (C=O) groups excluding carboxylic acids is 2. The maximum atomic E-state index is 12.7. The zero-order chi connectivity index (χ0) is 31.0. The van der Waals surface area contributed by atoms with E-state index in [0.717, 1.165) is 51.4 Å². The molecule has 14 heteroatoms. The molecule has 0 unspecified atom stereocenters. The SMILES string of the molecule is COC(=O)c1ccc(Nc2nc(NCCCCCCCCCCNC(=O)OC(C)(C)C)nc(OCC(F)(F)F)n2)cc1. The van der Waals surface area contributed by atoms with E-state index in [0.29, 0.717) is 24.3 Å². The summed E-state index contributed by atoms with van der Waals surface area (Å²) in [7, 11) is 1.27. The fourth-order valence-electron chi connectivity index (χ4n) is 3.65. The number of benzene rings is 1. The number of hydrogen-bond donors (Lipinski definition) is 3. The summed E-state index contributed by atoms with van der Waals surface area (Å²) in [4.78, 5) is 35.3. The fraction of sp³-hybridized carbons (Fsp3) is 0.607. The summed E-state index contributed by atoms with van der Waals surface area (Å²) in [5, 5.41) is 8.66. The third kappa shape index (κ3) is 15.2. The van der Waals surface area contributed by atoms with E-state index in [2.05, 4.69) is 35.6 Å². The summed E-state index contributed by atoms with van der Waals surface area (Å²) >= 11 is 0. The first-order chi connectivity index (χ1) is 19.8. The van der Waals surface area contributed by atoms with Crippen LogP contribution in [-0.4, -0.2) is 65.6 Å². The molecule has 0 saturated carbocycles. The highest BCUT2D eigenvalue weighted by molar-refractivity contribution is 5.89. The van der Waals surface area contributed by atoms with E-state index >= 15 is 0 Å². The molecule has 1 heterocycles. The molecule has 0 atom stereocenters. The molecule has 0 aliphatic carbocycles. The lowest BCUT2D eigenvalue weighted by atomic mass is 10.1. The van der Waals surface area contributed by atoms with Gasteiger partial charge in [-0.2, -0.15) is 28.1 Å². The Morgan fingerprint density at radius 2 is 1.38 bits per heavy atom. The monoisotopic (exact) mass is 598 g/mol. The summed E-state index contributed by atoms with van der Waals surface area (Å²) in [6, 6.07) is 5.75. The molecule has 11 nitrogen and oxygen atoms in total. The number of amides is 1. The summed E-state index contributed by atoms with van der Waals surface area (Å²) in [6.07, 6.45) is 3.10. The summed E-state index contributed by atoms with van der Waals surface area (Å²) < 4.78 is 52.6. The molecule has 2 aromatic rings. The van der Waals surface area contributed by atoms with Crippen LogP contribution in [0, 0.1) is 0 Å². The highest BCUT2D eigenvalue weighted by atomic mass is 19.4. The van der Waals surface area contributed by atoms with Gasteiger partial charge in [0.15, 0.2) is 6.61 Å². The minimum absolute atomic E-state index is 0.0169. The predicted molar refractivity (Wildman–Crippen MR) is 152 cm³/mol. The van der Waals surface area contributed by atoms with Crippen LogP contribution in [-0.2, 0) is 9.47 Å². The number of esters is 1. The Balaban J connectivity index is 1.73. The van der Waals surface area contributed by atoms with Gasteiger partial charge in [-0.3, -0.25) is 0 Å². The average Bonchev–Trinajstić information content (AvgIpc) is 2.91. The number of alkyl halides is 3. The lowest BCUT2D eigenvalue weighted by Gasteiger charge is -2.19. The molecule has 0 radical (unpaired) electrons. The Labute approximate surface area is 244 Å². The number of ether oxygens (including phenoxy) is 3. The van der Waals surface area contributed by atoms with E-state index < -0.39 is 36.5 Å². The third-order valence-electron chi connectivity index (χ3n) is 5.60. The average molecular weight is 599 g/mol. The van der Waals surface area contributed by atoms with E-state index in [9.17, 15) is 22.8 Å². The lowest BCUT2D eigenvalue weighted by molar-refractivity contribution is -0.154. The van der Waals surface area contributed by atoms with Crippen molar-refractivity contribution >= 4 is 29.6 Å². The van der Waals surface area contributed by atoms with Crippen LogP contribution in [0.3, 0.4) is 0 Å². The van der Waals surface area contributed by atoms with Crippen LogP contribution in [0.4, 0.5) is 35.5 Å². The predicted octanol–water partition coefficient (Wildman–Crippen LogP) is 6.40. The Morgan fingerprint density at radius 1 is 0.810 bits per heavy atom. The number of nitrogens with one attached hydrogen (secondary N) is 3. The van der Waals surface area contributed by atoms with E-state index in [-0.39, 0.29) is 11.9 Å². The molecule has 0 fully saturated rings. The minimum Gasteiger partial charge on any atom is -0.465 e. The van der Waals surface area contributed by atoms with Crippen molar-refractivity contribution in [2.45, 2.75) is 83.9 Å². The smallest absolute Gasteiger partial charge is 0.422 e. The highest BCUT2D eigenvalue weighted by Gasteiger charge is 2.29. The number of unbranched alkanes of at least 4 members (excludes halogenated alkanes) is 7. The Kier molecular flexibility index (Phi) is 14.1. The Hall–Kier alpha value is -3.84. The maximum Gasteiger partial charge on any atom is 0.422 e. The van der Waals surface area contributed by atoms with Gasteiger partial charge in [0.2, 0.25) is 11.9 Å². The normalized spacial score (nSPS) is 11.5. The number of carbonyl (C=O) groups is 2. The highest BCUT2D eigenvalue weighted by Crippen LogP contribution is 2.20. The molecule has 0 bridgehead atoms. The van der Waals surface area contributed by atoms with Crippen molar-refractivity contribution in [1.82, 2.24) is 20.3 Å². The number of halogens is 3. The zero-order valence-electron chi connectivity index (χ0n) is 24.6. The van der Waals surface area contributed by atoms with Gasteiger partial charge in [-0.15, -0.1) is 0 Å². The van der Waals surface area contributed by atoms with Gasteiger partial charge in [-0.25, -0.2) is 9.59 Å². The number of rotatable bonds is 17. The fourth-order valence-corrected chi connectivity index (χ4v) is 3.65. The number of anilines is 3. The lowest BCUT2D eigenvalue weighted by Crippen LogP contribution is -2.32. The van der Waals surface area contributed by atoms with Gasteiger partial charge in [-0.05, 0) is 57.9 Å². The van der Waals surface area contributed by atoms with Gasteiger partial charge >= 0.3 is 24.2 Å². The van der Waals surface area contributed by atoms with Crippen molar-refractivity contribution in [3.8, 4) is 6.01 Å². The van der Waals surface area contributed by atoms with Crippen LogP contribution >= 0.6 is 0 Å². The van der Waals surface area contributed by atoms with E-state index in [1.54, 1.807) is 12.1 Å². The van der Waals surface area contributed by atoms with Crippen LogP contribution in [0.15, 0.2) is 24.3 Å². The second-order valence-corrected chi connectivity index (χ2v) is 10.5. The van der Waals surface area contributed by atoms with Crippen LogP contribution in [0.2, 0.25) is 0 Å². The number of hydrogen-bond acceptors (Lipinski definition) is 10. The molecule has 2 rings (SSSR count). The molecule has 0 aliphatic rings. The van der Waals surface area contributed by atoms with Crippen LogP contribution in [0.25, 0.3) is 0 Å². The molecule has 42 heavy (non-hydrogen) atoms. The van der Waals surface area contributed by atoms with Crippen molar-refractivity contribution in [3.63, 3.8) is 0 Å². The van der Waals surface area contributed by atoms with Crippen molar-refractivity contribution in [3.05, 3.63) is 29.8 Å². The molecule has 1 aromatic heterocycles. The second-order valence-electron chi connectivity index (χ2n) is 10.5. The van der Waals surface area contributed by atoms with Crippen LogP contribution < -0.4 is 20.7 Å². The van der Waals surface area contributed by atoms with Gasteiger partial charge < -0.3 is 30.2 Å². The van der Waals surface area contributed by atoms with Crippen molar-refractivity contribution in [1.29, 1.82) is 0 Å². The molecule has 3 N–H and O–H groups in total. The number of aromatic nitrogens is 3. The van der Waals surface area contributed by atoms with Crippen molar-refractivity contribution in [2.24, 2.45) is 0 Å². The van der Waals surface area contributed by atoms with Crippen LogP contribution in [0.1, 0.15) is 82.5 Å². The second kappa shape index (κ2) is 17.2. The van der Waals surface area contributed by atoms with E-state index in [1.165, 1.54) is 19.2 Å². The van der Waals surface area contributed by atoms with Crippen LogP contribution in [0.5, 0.6) is 6.01 Å². The molecule has 234 valence electrons. The van der Waals surface area contributed by atoms with Gasteiger partial charge in [0, 0.05) is 18.8 Å². The van der Waals surface area contributed by atoms with Gasteiger partial charge in [0.25, 0.3) is 0 Å². The van der Waals surface area contributed by atoms with Gasteiger partial charge in [0.05, 0.1) is 12.7 Å². The first kappa shape index (κ1) is 34.4. The van der Waals surface area contributed by atoms with Crippen molar-refractivity contribution in [2.75, 3.05) is 37.4 Å². The number of nitrogens with zero attached hydrogens (tertiary/aromatic N) is 3. The largest absolute Gasteiger partial charge is 0.465 e. The van der Waals surface area contributed by atoms with Gasteiger partial charge in [-0.1, -0.05) is 38.5 Å². The molecule has 0 aliphatic heterocycles. The molecule has 0 saturated heterocycles. The quantitative estimate of drug-likeness (QED) is 0.139. The molecule has 0 spiro atoms. The van der Waals surface area contributed by atoms with Crippen molar-refractivity contribution < 1.29 is 37.0 Å². The molecular weight excluding hydrogens is 557 g/mol. The molecule has 1 aromatic carbocycles. The van der Waals surface area contributed by atoms with Gasteiger partial charge in [0.1, 0.15) is 5.60 Å². The number of alkyl carbamates (subject to hydrolysis) is 1. The standard InChI is InChI=1S/C28H41F3N6O5/c1-27(2,3)42-26(39)33-18-12-10-8-6-5-7-9-11-17-32-23-35-24(37-25(36-23)41-19-28(29,30)31)34-21-15-13-20(14-16-21)22(38)40-4/h13-16H,5-12,17-19H2,1-4H3,(H,33,39)(H2,32,34,35,36,37). The Morgan fingerprint density at radius 3 is 1.95 bits per heavy atom. The topological polar surface area (TPSA) is 137 Å². The maximum absolute atomic E-state index is 12.7. The van der Waals surface area contributed by atoms with E-state index in [1.807, 2.05) is 20.8 Å². The third-order valence-corrected chi connectivity index (χ3v) is 5.60. The first-order valence-corrected chi connectivity index (χ1v) is 14.0. The molecule has 1 amide bonds. The molecular formula is C28H41F3N6O5. The summed E-state index contributed by atoms with van der Waals surface area (Å²) in [5.74, 6) is -0.437. The number of methoxy groups -OCH3 is 1.